The number of aromatic nitrogens is 2. The molecule has 0 atom stereocenters. The molecule has 1 heterocycles. The molecule has 0 saturated heterocycles. The van der Waals surface area contributed by atoms with E-state index < -0.39 is 5.97 Å². The number of benzene rings is 2. The van der Waals surface area contributed by atoms with Crippen LogP contribution in [0.2, 0.25) is 0 Å². The predicted octanol–water partition coefficient (Wildman–Crippen LogP) is 4.79. The van der Waals surface area contributed by atoms with Crippen LogP contribution in [0.25, 0.3) is 16.9 Å². The molecule has 0 N–H and O–H groups in total. The largest absolute Gasteiger partial charge is 0.461 e. The Bertz CT molecular complexity index is 872. The van der Waals surface area contributed by atoms with Crippen LogP contribution in [0.5, 0.6) is 0 Å². The number of esters is 1. The highest BCUT2D eigenvalue weighted by Crippen LogP contribution is 2.29. The lowest BCUT2D eigenvalue weighted by atomic mass is 10.1. The number of hydrogen-bond donors (Lipinski definition) is 0. The molecule has 122 valence electrons. The highest BCUT2D eigenvalue weighted by atomic mass is 79.9. The average Bonchev–Trinajstić information content (AvgIpc) is 2.93. The van der Waals surface area contributed by atoms with Crippen molar-refractivity contribution in [2.24, 2.45) is 0 Å². The van der Waals surface area contributed by atoms with Crippen molar-refractivity contribution in [3.63, 3.8) is 0 Å². The minimum absolute atomic E-state index is 0.322. The SMILES string of the molecule is CCOC(=O)c1nn(-c2cccc(Br)c2)c(-c2ccccc2)c1C. The standard InChI is InChI=1S/C19H17BrN2O2/c1-3-24-19(23)17-13(2)18(14-8-5-4-6-9-14)22(21-17)16-11-7-10-15(20)12-16/h4-12H,3H2,1-2H3. The normalized spacial score (nSPS) is 10.6. The van der Waals surface area contributed by atoms with E-state index >= 15 is 0 Å². The third-order valence-electron chi connectivity index (χ3n) is 3.69. The van der Waals surface area contributed by atoms with E-state index in [4.69, 9.17) is 4.74 Å². The Morgan fingerprint density at radius 3 is 2.58 bits per heavy atom. The summed E-state index contributed by atoms with van der Waals surface area (Å²) in [5.74, 6) is -0.402. The van der Waals surface area contributed by atoms with Crippen LogP contribution in [0.1, 0.15) is 23.0 Å². The zero-order valence-electron chi connectivity index (χ0n) is 13.5. The Labute approximate surface area is 149 Å². The molecule has 0 fully saturated rings. The third kappa shape index (κ3) is 3.12. The first kappa shape index (κ1) is 16.5. The summed E-state index contributed by atoms with van der Waals surface area (Å²) in [4.78, 5) is 12.3. The lowest BCUT2D eigenvalue weighted by Crippen LogP contribution is -2.07. The first-order valence-corrected chi connectivity index (χ1v) is 8.49. The van der Waals surface area contributed by atoms with Crippen LogP contribution in [0.15, 0.2) is 59.1 Å². The molecule has 0 aliphatic rings. The molecule has 24 heavy (non-hydrogen) atoms. The predicted molar refractivity (Wildman–Crippen MR) is 97.4 cm³/mol. The molecule has 0 unspecified atom stereocenters. The fourth-order valence-corrected chi connectivity index (χ4v) is 3.01. The van der Waals surface area contributed by atoms with E-state index in [1.54, 1.807) is 11.6 Å². The van der Waals surface area contributed by atoms with Crippen molar-refractivity contribution < 1.29 is 9.53 Å². The summed E-state index contributed by atoms with van der Waals surface area (Å²) in [6.45, 7) is 4.01. The Balaban J connectivity index is 2.23. The highest BCUT2D eigenvalue weighted by Gasteiger charge is 2.22. The first-order chi connectivity index (χ1) is 11.6. The molecule has 0 radical (unpaired) electrons. The van der Waals surface area contributed by atoms with Gasteiger partial charge in [-0.1, -0.05) is 52.3 Å². The molecular formula is C19H17BrN2O2. The lowest BCUT2D eigenvalue weighted by Gasteiger charge is -2.09. The molecule has 2 aromatic carbocycles. The highest BCUT2D eigenvalue weighted by molar-refractivity contribution is 9.10. The van der Waals surface area contributed by atoms with E-state index in [2.05, 4.69) is 21.0 Å². The van der Waals surface area contributed by atoms with E-state index in [0.29, 0.717) is 12.3 Å². The maximum atomic E-state index is 12.3. The van der Waals surface area contributed by atoms with Crippen molar-refractivity contribution in [1.82, 2.24) is 9.78 Å². The number of nitrogens with zero attached hydrogens (tertiary/aromatic N) is 2. The van der Waals surface area contributed by atoms with Crippen LogP contribution in [-0.4, -0.2) is 22.4 Å². The van der Waals surface area contributed by atoms with Crippen LogP contribution < -0.4 is 0 Å². The van der Waals surface area contributed by atoms with Crippen molar-refractivity contribution in [1.29, 1.82) is 0 Å². The van der Waals surface area contributed by atoms with Gasteiger partial charge in [-0.25, -0.2) is 9.48 Å². The second-order valence-electron chi connectivity index (χ2n) is 5.30. The molecule has 5 heteroatoms. The van der Waals surface area contributed by atoms with Gasteiger partial charge in [-0.2, -0.15) is 5.10 Å². The van der Waals surface area contributed by atoms with E-state index in [9.17, 15) is 4.79 Å². The molecule has 0 aliphatic carbocycles. The maximum absolute atomic E-state index is 12.3. The number of carbonyl (C=O) groups is 1. The van der Waals surface area contributed by atoms with Gasteiger partial charge >= 0.3 is 5.97 Å². The average molecular weight is 385 g/mol. The minimum atomic E-state index is -0.402. The van der Waals surface area contributed by atoms with E-state index in [1.165, 1.54) is 0 Å². The zero-order chi connectivity index (χ0) is 17.1. The number of carbonyl (C=O) groups excluding carboxylic acids is 1. The molecule has 0 amide bonds. The fourth-order valence-electron chi connectivity index (χ4n) is 2.62. The Hall–Kier alpha value is -2.40. The lowest BCUT2D eigenvalue weighted by molar-refractivity contribution is 0.0518. The van der Waals surface area contributed by atoms with E-state index in [1.807, 2.05) is 61.5 Å². The Kier molecular flexibility index (Phi) is 4.81. The van der Waals surface area contributed by atoms with Crippen LogP contribution in [0, 0.1) is 6.92 Å². The summed E-state index contributed by atoms with van der Waals surface area (Å²) >= 11 is 3.49. The van der Waals surface area contributed by atoms with Crippen LogP contribution >= 0.6 is 15.9 Å². The molecule has 3 aromatic rings. The van der Waals surface area contributed by atoms with Gasteiger partial charge in [-0.05, 0) is 32.0 Å². The monoisotopic (exact) mass is 384 g/mol. The summed E-state index contributed by atoms with van der Waals surface area (Å²) in [5, 5.41) is 4.54. The van der Waals surface area contributed by atoms with E-state index in [-0.39, 0.29) is 0 Å². The smallest absolute Gasteiger partial charge is 0.359 e. The molecule has 0 bridgehead atoms. The van der Waals surface area contributed by atoms with Gasteiger partial charge in [0.15, 0.2) is 5.69 Å². The van der Waals surface area contributed by atoms with Crippen LogP contribution in [0.3, 0.4) is 0 Å². The fraction of sp³-hybridized carbons (Fsp3) is 0.158. The van der Waals surface area contributed by atoms with Crippen molar-refractivity contribution in [2.75, 3.05) is 6.61 Å². The summed E-state index contributed by atoms with van der Waals surface area (Å²) in [5.41, 5.74) is 3.91. The molecule has 0 aliphatic heterocycles. The quantitative estimate of drug-likeness (QED) is 0.607. The van der Waals surface area contributed by atoms with Crippen molar-refractivity contribution in [3.05, 3.63) is 70.3 Å². The molecular weight excluding hydrogens is 368 g/mol. The van der Waals surface area contributed by atoms with Crippen molar-refractivity contribution >= 4 is 21.9 Å². The number of ether oxygens (including phenoxy) is 1. The molecule has 0 spiro atoms. The van der Waals surface area contributed by atoms with Crippen LogP contribution in [-0.2, 0) is 4.74 Å². The Morgan fingerprint density at radius 1 is 1.17 bits per heavy atom. The molecule has 3 rings (SSSR count). The van der Waals surface area contributed by atoms with E-state index in [0.717, 1.165) is 27.0 Å². The summed E-state index contributed by atoms with van der Waals surface area (Å²) in [6.07, 6.45) is 0. The summed E-state index contributed by atoms with van der Waals surface area (Å²) < 4.78 is 7.89. The zero-order valence-corrected chi connectivity index (χ0v) is 15.1. The summed E-state index contributed by atoms with van der Waals surface area (Å²) in [6, 6.07) is 17.7. The van der Waals surface area contributed by atoms with Gasteiger partial charge < -0.3 is 4.74 Å². The molecule has 4 nitrogen and oxygen atoms in total. The molecule has 1 aromatic heterocycles. The number of halogens is 1. The molecule has 0 saturated carbocycles. The second-order valence-corrected chi connectivity index (χ2v) is 6.22. The van der Waals surface area contributed by atoms with Gasteiger partial charge in [0.25, 0.3) is 0 Å². The maximum Gasteiger partial charge on any atom is 0.359 e. The minimum Gasteiger partial charge on any atom is -0.461 e. The Morgan fingerprint density at radius 2 is 1.92 bits per heavy atom. The summed E-state index contributed by atoms with van der Waals surface area (Å²) in [7, 11) is 0. The van der Waals surface area contributed by atoms with Crippen molar-refractivity contribution in [3.8, 4) is 16.9 Å². The topological polar surface area (TPSA) is 44.1 Å². The van der Waals surface area contributed by atoms with Gasteiger partial charge in [0.1, 0.15) is 0 Å². The van der Waals surface area contributed by atoms with Crippen molar-refractivity contribution in [2.45, 2.75) is 13.8 Å². The first-order valence-electron chi connectivity index (χ1n) is 7.70. The van der Waals surface area contributed by atoms with Gasteiger partial charge in [0.05, 0.1) is 18.0 Å². The van der Waals surface area contributed by atoms with Gasteiger partial charge in [-0.3, -0.25) is 0 Å². The third-order valence-corrected chi connectivity index (χ3v) is 4.18. The van der Waals surface area contributed by atoms with Gasteiger partial charge in [0.2, 0.25) is 0 Å². The van der Waals surface area contributed by atoms with Gasteiger partial charge in [-0.15, -0.1) is 0 Å². The second kappa shape index (κ2) is 7.01. The number of hydrogen-bond acceptors (Lipinski definition) is 3. The number of rotatable bonds is 4. The van der Waals surface area contributed by atoms with Crippen LogP contribution in [0.4, 0.5) is 0 Å². The van der Waals surface area contributed by atoms with Gasteiger partial charge in [0, 0.05) is 15.6 Å².